The van der Waals surface area contributed by atoms with Crippen molar-refractivity contribution in [2.24, 2.45) is 5.92 Å². The van der Waals surface area contributed by atoms with Gasteiger partial charge in [0.25, 0.3) is 0 Å². The van der Waals surface area contributed by atoms with E-state index in [1.54, 1.807) is 67.4 Å². The number of para-hydroxylation sites is 1. The quantitative estimate of drug-likeness (QED) is 0.314. The van der Waals surface area contributed by atoms with Crippen molar-refractivity contribution in [2.75, 3.05) is 49.5 Å². The second-order valence-corrected chi connectivity index (χ2v) is 11.0. The van der Waals surface area contributed by atoms with Gasteiger partial charge in [-0.25, -0.2) is 9.59 Å². The third-order valence-electron chi connectivity index (χ3n) is 7.63. The summed E-state index contributed by atoms with van der Waals surface area (Å²) in [7, 11) is 1.67. The Hall–Kier alpha value is -4.97. The zero-order valence-electron chi connectivity index (χ0n) is 24.9. The topological polar surface area (TPSA) is 142 Å². The molecular weight excluding hydrogens is 566 g/mol. The molecule has 3 aromatic carbocycles. The molecule has 5 rings (SSSR count). The fourth-order valence-corrected chi connectivity index (χ4v) is 5.09. The minimum Gasteiger partial charge on any atom is -0.488 e. The van der Waals surface area contributed by atoms with Gasteiger partial charge in [0.2, 0.25) is 12.7 Å². The number of aliphatic hydroxyl groups is 1. The number of rotatable bonds is 7. The lowest BCUT2D eigenvalue weighted by Crippen LogP contribution is -2.48. The molecule has 0 saturated heterocycles. The van der Waals surface area contributed by atoms with Crippen molar-refractivity contribution < 1.29 is 33.7 Å². The van der Waals surface area contributed by atoms with Crippen LogP contribution in [0.3, 0.4) is 0 Å². The molecule has 3 atom stereocenters. The summed E-state index contributed by atoms with van der Waals surface area (Å²) in [6, 6.07) is 18.2. The van der Waals surface area contributed by atoms with Crippen molar-refractivity contribution >= 4 is 35.0 Å². The summed E-state index contributed by atoms with van der Waals surface area (Å²) in [5.41, 5.74) is 2.27. The molecule has 0 aromatic heterocycles. The first-order valence-electron chi connectivity index (χ1n) is 14.4. The Balaban J connectivity index is 1.34. The van der Waals surface area contributed by atoms with E-state index >= 15 is 0 Å². The van der Waals surface area contributed by atoms with E-state index in [9.17, 15) is 19.5 Å². The van der Waals surface area contributed by atoms with Crippen LogP contribution in [0, 0.1) is 5.92 Å². The summed E-state index contributed by atoms with van der Waals surface area (Å²) in [5.74, 6) is 1.28. The number of carbonyl (C=O) groups is 3. The van der Waals surface area contributed by atoms with Gasteiger partial charge in [-0.05, 0) is 49.4 Å². The third kappa shape index (κ3) is 7.32. The van der Waals surface area contributed by atoms with Crippen LogP contribution in [0.15, 0.2) is 66.7 Å². The van der Waals surface area contributed by atoms with Gasteiger partial charge in [0.05, 0.1) is 25.6 Å². The second kappa shape index (κ2) is 13.6. The summed E-state index contributed by atoms with van der Waals surface area (Å²) >= 11 is 0. The van der Waals surface area contributed by atoms with Gasteiger partial charge in [-0.1, -0.05) is 25.1 Å². The Kier molecular flexibility index (Phi) is 9.39. The highest BCUT2D eigenvalue weighted by Gasteiger charge is 2.32. The maximum absolute atomic E-state index is 13.5. The average molecular weight is 604 g/mol. The minimum absolute atomic E-state index is 0.00930. The zero-order chi connectivity index (χ0) is 31.2. The number of likely N-dealkylation sites (N-methyl/N-ethyl adjacent to an activating group) is 1. The van der Waals surface area contributed by atoms with Gasteiger partial charge in [0.15, 0.2) is 11.5 Å². The van der Waals surface area contributed by atoms with Crippen LogP contribution in [-0.2, 0) is 11.2 Å². The molecule has 0 aliphatic carbocycles. The van der Waals surface area contributed by atoms with E-state index in [0.717, 1.165) is 0 Å². The highest BCUT2D eigenvalue weighted by atomic mass is 16.7. The fraction of sp³-hybridized carbons (Fsp3) is 0.344. The molecule has 12 nitrogen and oxygen atoms in total. The molecule has 0 spiro atoms. The van der Waals surface area contributed by atoms with Gasteiger partial charge in [-0.15, -0.1) is 0 Å². The molecule has 2 heterocycles. The fourth-order valence-electron chi connectivity index (χ4n) is 5.09. The minimum atomic E-state index is -0.499. The molecule has 0 bridgehead atoms. The summed E-state index contributed by atoms with van der Waals surface area (Å²) < 4.78 is 17.2. The van der Waals surface area contributed by atoms with Gasteiger partial charge >= 0.3 is 12.1 Å². The highest BCUT2D eigenvalue weighted by Crippen LogP contribution is 2.34. The predicted octanol–water partition coefficient (Wildman–Crippen LogP) is 4.37. The number of nitrogens with one attached hydrogen (secondary N) is 3. The molecule has 44 heavy (non-hydrogen) atoms. The number of fused-ring (bicyclic) bond motifs is 2. The van der Waals surface area contributed by atoms with E-state index in [4.69, 9.17) is 14.2 Å². The van der Waals surface area contributed by atoms with Crippen LogP contribution in [0.4, 0.5) is 26.7 Å². The van der Waals surface area contributed by atoms with Gasteiger partial charge in [-0.2, -0.15) is 0 Å². The van der Waals surface area contributed by atoms with Crippen LogP contribution in [0.5, 0.6) is 17.2 Å². The number of urea groups is 2. The smallest absolute Gasteiger partial charge is 0.323 e. The van der Waals surface area contributed by atoms with E-state index in [-0.39, 0.29) is 44.2 Å². The third-order valence-corrected chi connectivity index (χ3v) is 7.63. The Bertz CT molecular complexity index is 1500. The number of ether oxygens (including phenoxy) is 3. The van der Waals surface area contributed by atoms with Crippen molar-refractivity contribution in [3.8, 4) is 17.2 Å². The highest BCUT2D eigenvalue weighted by molar-refractivity contribution is 6.00. The average Bonchev–Trinajstić information content (AvgIpc) is 3.49. The number of anilines is 3. The van der Waals surface area contributed by atoms with Crippen molar-refractivity contribution in [3.05, 3.63) is 72.3 Å². The number of benzene rings is 3. The van der Waals surface area contributed by atoms with Crippen molar-refractivity contribution in [2.45, 2.75) is 32.4 Å². The summed E-state index contributed by atoms with van der Waals surface area (Å²) in [4.78, 5) is 42.4. The summed E-state index contributed by atoms with van der Waals surface area (Å²) in [6.45, 7) is 4.21. The monoisotopic (exact) mass is 603 g/mol. The number of amides is 5. The standard InChI is InChI=1S/C32H37N5O7/c1-20-16-37(21(2)18-38)30(39)14-22-13-24(34-31(40)33-23-7-5-4-6-8-23)9-11-26(22)44-29(20)17-36(3)32(41)35-25-10-12-27-28(15-25)43-19-42-27/h4-13,15,20-21,29,38H,14,16-19H2,1-3H3,(H,35,41)(H2,33,34,40)/t20-,21-,29+/m1/s1. The number of carbonyl (C=O) groups excluding carboxylic acids is 3. The SMILES string of the molecule is C[C@@H]1CN([C@H](C)CO)C(=O)Cc2cc(NC(=O)Nc3ccccc3)ccc2O[C@H]1CN(C)C(=O)Nc1ccc2c(c1)OCO2. The van der Waals surface area contributed by atoms with Crippen molar-refractivity contribution in [1.82, 2.24) is 9.80 Å². The summed E-state index contributed by atoms with van der Waals surface area (Å²) in [6.07, 6.45) is -0.490. The number of aliphatic hydroxyl groups excluding tert-OH is 1. The maximum Gasteiger partial charge on any atom is 0.323 e. The molecule has 3 aromatic rings. The van der Waals surface area contributed by atoms with E-state index in [2.05, 4.69) is 16.0 Å². The number of hydrogen-bond acceptors (Lipinski definition) is 7. The lowest BCUT2D eigenvalue weighted by Gasteiger charge is -2.34. The molecule has 4 N–H and O–H groups in total. The normalized spacial score (nSPS) is 18.1. The molecule has 0 fully saturated rings. The molecule has 2 aliphatic rings. The first-order chi connectivity index (χ1) is 21.2. The molecule has 5 amide bonds. The van der Waals surface area contributed by atoms with E-state index in [1.807, 2.05) is 25.1 Å². The largest absolute Gasteiger partial charge is 0.488 e. The molecule has 12 heteroatoms. The van der Waals surface area contributed by atoms with Gasteiger partial charge in [0.1, 0.15) is 11.9 Å². The van der Waals surface area contributed by atoms with Crippen LogP contribution in [0.1, 0.15) is 19.4 Å². The van der Waals surface area contributed by atoms with Crippen LogP contribution in [0.25, 0.3) is 0 Å². The number of hydrogen-bond donors (Lipinski definition) is 4. The summed E-state index contributed by atoms with van der Waals surface area (Å²) in [5, 5.41) is 18.4. The molecule has 232 valence electrons. The number of nitrogens with zero attached hydrogens (tertiary/aromatic N) is 2. The Morgan fingerprint density at radius 3 is 2.39 bits per heavy atom. The predicted molar refractivity (Wildman–Crippen MR) is 165 cm³/mol. The molecule has 0 saturated carbocycles. The lowest BCUT2D eigenvalue weighted by atomic mass is 10.0. The van der Waals surface area contributed by atoms with Gasteiger partial charge in [-0.3, -0.25) is 4.79 Å². The molecule has 0 unspecified atom stereocenters. The Labute approximate surface area is 255 Å². The second-order valence-electron chi connectivity index (χ2n) is 11.0. The first kappa shape index (κ1) is 30.5. The molecule has 0 radical (unpaired) electrons. The van der Waals surface area contributed by atoms with Gasteiger partial charge in [0, 0.05) is 48.2 Å². The van der Waals surface area contributed by atoms with Crippen LogP contribution >= 0.6 is 0 Å². The molecule has 2 aliphatic heterocycles. The zero-order valence-corrected chi connectivity index (χ0v) is 24.9. The van der Waals surface area contributed by atoms with E-state index < -0.39 is 18.2 Å². The van der Waals surface area contributed by atoms with Crippen molar-refractivity contribution in [3.63, 3.8) is 0 Å². The van der Waals surface area contributed by atoms with Crippen LogP contribution in [0.2, 0.25) is 0 Å². The maximum atomic E-state index is 13.5. The Morgan fingerprint density at radius 2 is 1.64 bits per heavy atom. The van der Waals surface area contributed by atoms with Gasteiger partial charge < -0.3 is 45.1 Å². The van der Waals surface area contributed by atoms with Crippen LogP contribution < -0.4 is 30.2 Å². The van der Waals surface area contributed by atoms with Crippen molar-refractivity contribution in [1.29, 1.82) is 0 Å². The van der Waals surface area contributed by atoms with Crippen LogP contribution in [-0.4, -0.2) is 78.6 Å². The Morgan fingerprint density at radius 1 is 0.955 bits per heavy atom. The lowest BCUT2D eigenvalue weighted by molar-refractivity contribution is -0.134. The first-order valence-corrected chi connectivity index (χ1v) is 14.4. The van der Waals surface area contributed by atoms with E-state index in [0.29, 0.717) is 46.4 Å². The van der Waals surface area contributed by atoms with E-state index in [1.165, 1.54) is 4.90 Å². The molecular formula is C32H37N5O7.